The molecule has 9 heteroatoms. The van der Waals surface area contributed by atoms with Gasteiger partial charge in [-0.05, 0) is 29.8 Å². The molecule has 0 spiro atoms. The Balaban J connectivity index is 1.63. The molecule has 1 aliphatic heterocycles. The van der Waals surface area contributed by atoms with Crippen LogP contribution in [0.1, 0.15) is 22.3 Å². The van der Waals surface area contributed by atoms with Gasteiger partial charge in [-0.15, -0.1) is 0 Å². The zero-order valence-electron chi connectivity index (χ0n) is 14.9. The van der Waals surface area contributed by atoms with Gasteiger partial charge >= 0.3 is 0 Å². The highest BCUT2D eigenvalue weighted by molar-refractivity contribution is 8.26. The number of benzene rings is 2. The molecule has 2 amide bonds. The van der Waals surface area contributed by atoms with Crippen LogP contribution in [0.2, 0.25) is 5.02 Å². The van der Waals surface area contributed by atoms with Crippen LogP contribution in [0.5, 0.6) is 0 Å². The van der Waals surface area contributed by atoms with Crippen molar-refractivity contribution in [2.24, 2.45) is 0 Å². The predicted octanol–water partition coefficient (Wildman–Crippen LogP) is 2.93. The first-order valence-corrected chi connectivity index (χ1v) is 10.1. The molecule has 29 heavy (non-hydrogen) atoms. The predicted molar refractivity (Wildman–Crippen MR) is 115 cm³/mol. The van der Waals surface area contributed by atoms with Gasteiger partial charge in [-0.2, -0.15) is 0 Å². The summed E-state index contributed by atoms with van der Waals surface area (Å²) >= 11 is 12.3. The fourth-order valence-electron chi connectivity index (χ4n) is 2.60. The van der Waals surface area contributed by atoms with E-state index < -0.39 is 11.9 Å². The van der Waals surface area contributed by atoms with Crippen molar-refractivity contribution < 1.29 is 19.5 Å². The molecule has 1 aliphatic rings. The number of hydrogen-bond acceptors (Lipinski definition) is 6. The Bertz CT molecular complexity index is 1020. The first-order chi connectivity index (χ1) is 13.8. The van der Waals surface area contributed by atoms with Crippen LogP contribution in [0.4, 0.5) is 5.69 Å². The van der Waals surface area contributed by atoms with Crippen LogP contribution in [-0.2, 0) is 9.59 Å². The van der Waals surface area contributed by atoms with Gasteiger partial charge in [-0.3, -0.25) is 14.5 Å². The number of hydrogen-bond donors (Lipinski definition) is 1. The highest BCUT2D eigenvalue weighted by Gasteiger charge is 2.32. The van der Waals surface area contributed by atoms with Crippen molar-refractivity contribution in [1.82, 2.24) is 4.90 Å². The Morgan fingerprint density at radius 1 is 1.17 bits per heavy atom. The van der Waals surface area contributed by atoms with Crippen LogP contribution in [0.15, 0.2) is 53.4 Å². The molecule has 0 saturated carbocycles. The van der Waals surface area contributed by atoms with Crippen molar-refractivity contribution in [3.05, 3.63) is 69.6 Å². The fraction of sp³-hybridized carbons (Fsp3) is 0.100. The minimum Gasteiger partial charge on any atom is -0.545 e. The van der Waals surface area contributed by atoms with E-state index in [2.05, 4.69) is 5.32 Å². The summed E-state index contributed by atoms with van der Waals surface area (Å²) in [7, 11) is 0. The lowest BCUT2D eigenvalue weighted by Gasteiger charge is -2.15. The molecule has 0 atom stereocenters. The van der Waals surface area contributed by atoms with Crippen LogP contribution in [0, 0.1) is 0 Å². The third-order valence-corrected chi connectivity index (χ3v) is 5.65. The van der Waals surface area contributed by atoms with Gasteiger partial charge in [-0.25, -0.2) is 0 Å². The number of carbonyl (C=O) groups is 3. The molecular weight excluding hydrogens is 432 g/mol. The molecule has 6 nitrogen and oxygen atoms in total. The summed E-state index contributed by atoms with van der Waals surface area (Å²) in [5.41, 5.74) is 0.842. The molecule has 1 fully saturated rings. The van der Waals surface area contributed by atoms with Crippen LogP contribution < -0.4 is 10.4 Å². The summed E-state index contributed by atoms with van der Waals surface area (Å²) in [5, 5.41) is 14.2. The Morgan fingerprint density at radius 2 is 1.86 bits per heavy atom. The molecule has 1 N–H and O–H groups in total. The average Bonchev–Trinajstić information content (AvgIpc) is 2.95. The summed E-state index contributed by atoms with van der Waals surface area (Å²) in [6.07, 6.45) is 1.67. The number of rotatable bonds is 6. The van der Waals surface area contributed by atoms with Crippen molar-refractivity contribution in [2.45, 2.75) is 6.42 Å². The Hall–Kier alpha value is -2.68. The molecule has 0 bridgehead atoms. The van der Waals surface area contributed by atoms with Gasteiger partial charge in [0.1, 0.15) is 4.32 Å². The van der Waals surface area contributed by atoms with Crippen molar-refractivity contribution in [3.8, 4) is 0 Å². The largest absolute Gasteiger partial charge is 0.545 e. The smallest absolute Gasteiger partial charge is 0.266 e. The number of thioether (sulfide) groups is 1. The number of nitrogens with one attached hydrogen (secondary N) is 1. The molecule has 1 saturated heterocycles. The fourth-order valence-corrected chi connectivity index (χ4v) is 4.03. The van der Waals surface area contributed by atoms with Gasteiger partial charge in [0.25, 0.3) is 5.91 Å². The minimum atomic E-state index is -1.38. The van der Waals surface area contributed by atoms with Crippen molar-refractivity contribution in [2.75, 3.05) is 11.9 Å². The second-order valence-corrected chi connectivity index (χ2v) is 8.13. The SMILES string of the molecule is O=C(CCN1C(=O)/C(=C\c2ccc(Cl)cc2)SC1=S)Nc1ccccc1C(=O)[O-]. The van der Waals surface area contributed by atoms with Crippen molar-refractivity contribution >= 4 is 69.4 Å². The number of carboxylic acids is 1. The lowest BCUT2D eigenvalue weighted by atomic mass is 10.1. The van der Waals surface area contributed by atoms with Gasteiger partial charge in [-0.1, -0.05) is 65.9 Å². The zero-order chi connectivity index (χ0) is 21.0. The maximum absolute atomic E-state index is 12.6. The highest BCUT2D eigenvalue weighted by Crippen LogP contribution is 2.32. The Labute approximate surface area is 181 Å². The van der Waals surface area contributed by atoms with Crippen molar-refractivity contribution in [1.29, 1.82) is 0 Å². The normalized spacial score (nSPS) is 15.1. The van der Waals surface area contributed by atoms with Crippen LogP contribution in [0.25, 0.3) is 6.08 Å². The molecule has 2 aromatic carbocycles. The van der Waals surface area contributed by atoms with E-state index in [-0.39, 0.29) is 30.1 Å². The first kappa shape index (κ1) is 21.0. The number of halogens is 1. The average molecular weight is 446 g/mol. The lowest BCUT2D eigenvalue weighted by Crippen LogP contribution is -2.32. The van der Waals surface area contributed by atoms with Crippen molar-refractivity contribution in [3.63, 3.8) is 0 Å². The summed E-state index contributed by atoms with van der Waals surface area (Å²) in [4.78, 5) is 37.8. The number of carboxylic acid groups (broad SMARTS) is 1. The summed E-state index contributed by atoms with van der Waals surface area (Å²) < 4.78 is 0.359. The molecule has 3 rings (SSSR count). The molecule has 0 unspecified atom stereocenters. The van der Waals surface area contributed by atoms with E-state index >= 15 is 0 Å². The van der Waals surface area contributed by atoms with E-state index in [4.69, 9.17) is 23.8 Å². The quantitative estimate of drug-likeness (QED) is 0.543. The molecule has 1 heterocycles. The van der Waals surface area contributed by atoms with Crippen LogP contribution in [0.3, 0.4) is 0 Å². The van der Waals surface area contributed by atoms with E-state index in [1.807, 2.05) is 0 Å². The summed E-state index contributed by atoms with van der Waals surface area (Å²) in [6.45, 7) is 0.0853. The summed E-state index contributed by atoms with van der Waals surface area (Å²) in [6, 6.07) is 13.0. The van der Waals surface area contributed by atoms with Gasteiger partial charge in [0.15, 0.2) is 0 Å². The minimum absolute atomic E-state index is 0.0396. The third kappa shape index (κ3) is 5.23. The standard InChI is InChI=1S/C20H15ClN2O4S2/c21-13-7-5-12(6-8-13)11-16-18(25)23(20(28)29-16)10-9-17(24)22-15-4-2-1-3-14(15)19(26)27/h1-8,11H,9-10H2,(H,22,24)(H,26,27)/p-1/b16-11+. The molecule has 2 aromatic rings. The topological polar surface area (TPSA) is 89.5 Å². The maximum atomic E-state index is 12.6. The molecule has 0 radical (unpaired) electrons. The second-order valence-electron chi connectivity index (χ2n) is 6.02. The maximum Gasteiger partial charge on any atom is 0.266 e. The number of para-hydroxylation sites is 1. The van der Waals surface area contributed by atoms with E-state index in [0.29, 0.717) is 14.2 Å². The number of thiocarbonyl (C=S) groups is 1. The molecule has 0 aliphatic carbocycles. The summed E-state index contributed by atoms with van der Waals surface area (Å²) in [5.74, 6) is -2.10. The number of amides is 2. The first-order valence-electron chi connectivity index (χ1n) is 8.46. The number of nitrogens with zero attached hydrogens (tertiary/aromatic N) is 1. The van der Waals surface area contributed by atoms with E-state index in [0.717, 1.165) is 17.3 Å². The second kappa shape index (κ2) is 9.21. The Morgan fingerprint density at radius 3 is 2.55 bits per heavy atom. The highest BCUT2D eigenvalue weighted by atomic mass is 35.5. The molecule has 0 aromatic heterocycles. The number of anilines is 1. The molecule has 148 valence electrons. The Kier molecular flexibility index (Phi) is 6.68. The zero-order valence-corrected chi connectivity index (χ0v) is 17.3. The van der Waals surface area contributed by atoms with Crippen LogP contribution >= 0.6 is 35.6 Å². The van der Waals surface area contributed by atoms with E-state index in [9.17, 15) is 19.5 Å². The number of aromatic carboxylic acids is 1. The van der Waals surface area contributed by atoms with Gasteiger partial charge < -0.3 is 15.2 Å². The van der Waals surface area contributed by atoms with Gasteiger partial charge in [0.05, 0.1) is 10.9 Å². The number of carbonyl (C=O) groups excluding carboxylic acids is 3. The lowest BCUT2D eigenvalue weighted by molar-refractivity contribution is -0.254. The van der Waals surface area contributed by atoms with Gasteiger partial charge in [0, 0.05) is 29.2 Å². The van der Waals surface area contributed by atoms with Crippen LogP contribution in [-0.4, -0.2) is 33.5 Å². The van der Waals surface area contributed by atoms with Gasteiger partial charge in [0.2, 0.25) is 5.91 Å². The molecular formula is C20H14ClN2O4S2-. The third-order valence-electron chi connectivity index (χ3n) is 4.02. The van der Waals surface area contributed by atoms with E-state index in [1.165, 1.54) is 23.1 Å². The monoisotopic (exact) mass is 445 g/mol. The van der Waals surface area contributed by atoms with E-state index in [1.54, 1.807) is 36.4 Å².